The molecule has 1 heterocycles. The smallest absolute Gasteiger partial charge is 0.252 e. The molecule has 0 saturated heterocycles. The highest BCUT2D eigenvalue weighted by atomic mass is 32.2. The molecular formula is C21H21N3O3S. The molecule has 0 unspecified atom stereocenters. The monoisotopic (exact) mass is 395 g/mol. The van der Waals surface area contributed by atoms with E-state index in [1.165, 1.54) is 17.8 Å². The first-order valence-electron chi connectivity index (χ1n) is 8.92. The quantitative estimate of drug-likeness (QED) is 0.467. The Kier molecular flexibility index (Phi) is 6.49. The van der Waals surface area contributed by atoms with Crippen LogP contribution in [0, 0.1) is 0 Å². The first-order valence-corrected chi connectivity index (χ1v) is 9.80. The first-order chi connectivity index (χ1) is 13.5. The summed E-state index contributed by atoms with van der Waals surface area (Å²) in [5.74, 6) is 0.573. The van der Waals surface area contributed by atoms with Gasteiger partial charge in [-0.1, -0.05) is 42.1 Å². The van der Waals surface area contributed by atoms with Crippen molar-refractivity contribution in [1.29, 1.82) is 0 Å². The highest BCUT2D eigenvalue weighted by molar-refractivity contribution is 8.00. The maximum absolute atomic E-state index is 12.5. The molecule has 0 bridgehead atoms. The Hall–Kier alpha value is -3.06. The Morgan fingerprint density at radius 1 is 1.18 bits per heavy atom. The zero-order chi connectivity index (χ0) is 19.9. The van der Waals surface area contributed by atoms with Crippen molar-refractivity contribution < 1.29 is 9.53 Å². The molecule has 28 heavy (non-hydrogen) atoms. The van der Waals surface area contributed by atoms with Crippen LogP contribution < -0.4 is 15.6 Å². The fourth-order valence-corrected chi connectivity index (χ4v) is 3.33. The molecule has 144 valence electrons. The van der Waals surface area contributed by atoms with Gasteiger partial charge in [0.15, 0.2) is 5.16 Å². The molecule has 3 rings (SSSR count). The minimum atomic E-state index is -0.444. The van der Waals surface area contributed by atoms with Crippen molar-refractivity contribution in [2.24, 2.45) is 0 Å². The van der Waals surface area contributed by atoms with Gasteiger partial charge >= 0.3 is 0 Å². The van der Waals surface area contributed by atoms with Crippen LogP contribution in [0.2, 0.25) is 0 Å². The fraction of sp³-hybridized carbons (Fsp3) is 0.190. The number of nitrogens with zero attached hydrogens (tertiary/aromatic N) is 1. The molecule has 1 atom stereocenters. The van der Waals surface area contributed by atoms with E-state index in [1.807, 2.05) is 37.3 Å². The van der Waals surface area contributed by atoms with Crippen LogP contribution in [0.3, 0.4) is 0 Å². The highest BCUT2D eigenvalue weighted by Crippen LogP contribution is 2.23. The zero-order valence-corrected chi connectivity index (χ0v) is 16.5. The summed E-state index contributed by atoms with van der Waals surface area (Å²) in [5, 5.41) is 2.82. The number of hydrogen-bond donors (Lipinski definition) is 2. The Balaban J connectivity index is 1.68. The maximum atomic E-state index is 12.5. The molecule has 0 spiro atoms. The summed E-state index contributed by atoms with van der Waals surface area (Å²) >= 11 is 1.20. The van der Waals surface area contributed by atoms with Crippen LogP contribution in [-0.4, -0.2) is 27.7 Å². The second-order valence-corrected chi connectivity index (χ2v) is 7.34. The van der Waals surface area contributed by atoms with Crippen LogP contribution in [0.1, 0.15) is 13.8 Å². The molecule has 7 heteroatoms. The molecule has 2 N–H and O–H groups in total. The molecule has 0 aliphatic carbocycles. The molecule has 0 radical (unpaired) electrons. The number of nitrogens with one attached hydrogen (secondary N) is 2. The van der Waals surface area contributed by atoms with Gasteiger partial charge in [0.05, 0.1) is 17.6 Å². The number of anilines is 1. The predicted octanol–water partition coefficient (Wildman–Crippen LogP) is 3.95. The van der Waals surface area contributed by atoms with Gasteiger partial charge in [0.25, 0.3) is 5.56 Å². The van der Waals surface area contributed by atoms with E-state index in [9.17, 15) is 9.59 Å². The molecular weight excluding hydrogens is 374 g/mol. The number of ether oxygens (including phenoxy) is 1. The minimum Gasteiger partial charge on any atom is -0.494 e. The molecule has 0 fully saturated rings. The van der Waals surface area contributed by atoms with E-state index in [4.69, 9.17) is 4.74 Å². The Morgan fingerprint density at radius 3 is 2.57 bits per heavy atom. The Labute approximate surface area is 167 Å². The number of carbonyl (C=O) groups excluding carboxylic acids is 1. The molecule has 0 saturated carbocycles. The van der Waals surface area contributed by atoms with E-state index >= 15 is 0 Å². The lowest BCUT2D eigenvalue weighted by atomic mass is 10.1. The van der Waals surface area contributed by atoms with Gasteiger partial charge in [0.2, 0.25) is 5.91 Å². The molecule has 6 nitrogen and oxygen atoms in total. The number of rotatable bonds is 7. The average molecular weight is 395 g/mol. The summed E-state index contributed by atoms with van der Waals surface area (Å²) in [5.41, 5.74) is 1.85. The number of amides is 1. The summed E-state index contributed by atoms with van der Waals surface area (Å²) in [4.78, 5) is 31.6. The number of benzene rings is 2. The van der Waals surface area contributed by atoms with Gasteiger partial charge in [0.1, 0.15) is 5.75 Å². The maximum Gasteiger partial charge on any atom is 0.252 e. The van der Waals surface area contributed by atoms with Crippen LogP contribution in [0.25, 0.3) is 11.3 Å². The lowest BCUT2D eigenvalue weighted by Gasteiger charge is -2.12. The van der Waals surface area contributed by atoms with Crippen molar-refractivity contribution >= 4 is 23.4 Å². The van der Waals surface area contributed by atoms with Crippen molar-refractivity contribution in [2.75, 3.05) is 11.9 Å². The van der Waals surface area contributed by atoms with Gasteiger partial charge in [-0.25, -0.2) is 4.98 Å². The summed E-state index contributed by atoms with van der Waals surface area (Å²) in [7, 11) is 0. The van der Waals surface area contributed by atoms with E-state index in [1.54, 1.807) is 31.2 Å². The number of thioether (sulfide) groups is 1. The molecule has 3 aromatic rings. The van der Waals surface area contributed by atoms with Gasteiger partial charge in [-0.15, -0.1) is 0 Å². The SMILES string of the molecule is CCOc1ccc(NC(=O)[C@@H](C)Sc2nc(-c3ccccc3)cc(=O)[nH]2)cc1. The first kappa shape index (κ1) is 19.7. The number of H-pyrrole nitrogens is 1. The van der Waals surface area contributed by atoms with Crippen LogP contribution in [0.4, 0.5) is 5.69 Å². The third kappa shape index (κ3) is 5.23. The van der Waals surface area contributed by atoms with Crippen molar-refractivity contribution in [3.05, 3.63) is 71.0 Å². The summed E-state index contributed by atoms with van der Waals surface area (Å²) in [6, 6.07) is 18.1. The van der Waals surface area contributed by atoms with Gasteiger partial charge in [0, 0.05) is 17.3 Å². The fourth-order valence-electron chi connectivity index (χ4n) is 2.51. The van der Waals surface area contributed by atoms with Crippen molar-refractivity contribution in [3.8, 4) is 17.0 Å². The lowest BCUT2D eigenvalue weighted by molar-refractivity contribution is -0.115. The van der Waals surface area contributed by atoms with Crippen LogP contribution in [0.15, 0.2) is 70.6 Å². The van der Waals surface area contributed by atoms with Gasteiger partial charge in [-0.05, 0) is 38.1 Å². The Bertz CT molecular complexity index is 988. The van der Waals surface area contributed by atoms with Crippen LogP contribution >= 0.6 is 11.8 Å². The second kappa shape index (κ2) is 9.23. The number of carbonyl (C=O) groups is 1. The Morgan fingerprint density at radius 2 is 1.89 bits per heavy atom. The average Bonchev–Trinajstić information content (AvgIpc) is 2.70. The standard InChI is InChI=1S/C21H21N3O3S/c1-3-27-17-11-9-16(10-12-17)22-20(26)14(2)28-21-23-18(13-19(25)24-21)15-7-5-4-6-8-15/h4-14H,3H2,1-2H3,(H,22,26)(H,23,24,25)/t14-/m1/s1. The van der Waals surface area contributed by atoms with E-state index in [0.717, 1.165) is 11.3 Å². The predicted molar refractivity (Wildman–Crippen MR) is 112 cm³/mol. The molecule has 2 aromatic carbocycles. The lowest BCUT2D eigenvalue weighted by Crippen LogP contribution is -2.23. The number of hydrogen-bond acceptors (Lipinski definition) is 5. The second-order valence-electron chi connectivity index (χ2n) is 6.01. The van der Waals surface area contributed by atoms with Gasteiger partial charge in [-0.3, -0.25) is 9.59 Å². The largest absolute Gasteiger partial charge is 0.494 e. The molecule has 1 aromatic heterocycles. The van der Waals surface area contributed by atoms with Gasteiger partial charge < -0.3 is 15.0 Å². The summed E-state index contributed by atoms with van der Waals surface area (Å²) < 4.78 is 5.39. The summed E-state index contributed by atoms with van der Waals surface area (Å²) in [6.45, 7) is 4.27. The van der Waals surface area contributed by atoms with Crippen molar-refractivity contribution in [2.45, 2.75) is 24.3 Å². The molecule has 0 aliphatic rings. The van der Waals surface area contributed by atoms with E-state index < -0.39 is 5.25 Å². The van der Waals surface area contributed by atoms with Crippen molar-refractivity contribution in [3.63, 3.8) is 0 Å². The molecule has 1 amide bonds. The third-order valence-corrected chi connectivity index (χ3v) is 4.86. The normalized spacial score (nSPS) is 11.6. The summed E-state index contributed by atoms with van der Waals surface area (Å²) in [6.07, 6.45) is 0. The zero-order valence-electron chi connectivity index (χ0n) is 15.6. The van der Waals surface area contributed by atoms with E-state index in [-0.39, 0.29) is 11.5 Å². The number of aromatic amines is 1. The third-order valence-electron chi connectivity index (χ3n) is 3.88. The van der Waals surface area contributed by atoms with Crippen molar-refractivity contribution in [1.82, 2.24) is 9.97 Å². The minimum absolute atomic E-state index is 0.179. The van der Waals surface area contributed by atoms with E-state index in [2.05, 4.69) is 15.3 Å². The van der Waals surface area contributed by atoms with Gasteiger partial charge in [-0.2, -0.15) is 0 Å². The topological polar surface area (TPSA) is 84.1 Å². The number of aromatic nitrogens is 2. The molecule has 0 aliphatic heterocycles. The van der Waals surface area contributed by atoms with Crippen LogP contribution in [0.5, 0.6) is 5.75 Å². The van der Waals surface area contributed by atoms with Crippen LogP contribution in [-0.2, 0) is 4.79 Å². The highest BCUT2D eigenvalue weighted by Gasteiger charge is 2.17. The van der Waals surface area contributed by atoms with E-state index in [0.29, 0.717) is 23.1 Å².